The Labute approximate surface area is 178 Å². The molecule has 0 aromatic heterocycles. The molecule has 0 saturated carbocycles. The Bertz CT molecular complexity index is 869. The molecule has 0 radical (unpaired) electrons. The molecule has 1 heterocycles. The van der Waals surface area contributed by atoms with Crippen LogP contribution in [-0.2, 0) is 11.3 Å². The van der Waals surface area contributed by atoms with Crippen molar-refractivity contribution in [1.82, 2.24) is 15.2 Å². The molecule has 3 rings (SSSR count). The molecule has 0 spiro atoms. The van der Waals surface area contributed by atoms with Crippen molar-refractivity contribution in [2.75, 3.05) is 39.8 Å². The second-order valence-electron chi connectivity index (χ2n) is 7.45. The van der Waals surface area contributed by atoms with Crippen LogP contribution < -0.4 is 10.2 Å². The van der Waals surface area contributed by atoms with E-state index in [-0.39, 0.29) is 5.91 Å². The number of hydrogen-bond acceptors (Lipinski definition) is 5. The third kappa shape index (κ3) is 6.83. The summed E-state index contributed by atoms with van der Waals surface area (Å²) in [6.45, 7) is 7.13. The molecule has 2 aromatic carbocycles. The minimum Gasteiger partial charge on any atom is -0.496 e. The summed E-state index contributed by atoms with van der Waals surface area (Å²) in [6.07, 6.45) is 5.24. The molecule has 0 unspecified atom stereocenters. The van der Waals surface area contributed by atoms with Gasteiger partial charge in [-0.25, -0.2) is 5.43 Å². The van der Waals surface area contributed by atoms with E-state index in [1.54, 1.807) is 19.4 Å². The molecule has 1 aliphatic rings. The van der Waals surface area contributed by atoms with Crippen LogP contribution in [0.3, 0.4) is 0 Å². The fraction of sp³-hybridized carbons (Fsp3) is 0.333. The number of nitrogens with zero attached hydrogens (tertiary/aromatic N) is 3. The van der Waals surface area contributed by atoms with Gasteiger partial charge < -0.3 is 4.74 Å². The molecule has 1 fully saturated rings. The minimum atomic E-state index is -0.0936. The molecular weight excluding hydrogens is 376 g/mol. The molecule has 1 N–H and O–H groups in total. The highest BCUT2D eigenvalue weighted by Crippen LogP contribution is 2.18. The molecule has 0 aliphatic carbocycles. The summed E-state index contributed by atoms with van der Waals surface area (Å²) in [7, 11) is 1.64. The highest BCUT2D eigenvalue weighted by Gasteiger charge is 2.18. The van der Waals surface area contributed by atoms with E-state index in [9.17, 15) is 4.79 Å². The summed E-state index contributed by atoms with van der Waals surface area (Å²) in [5, 5.41) is 4.00. The SMILES string of the molecule is COc1ccccc1/C=C/C=N/NC(=O)CN1CCN(Cc2ccc(C)cc2)CC1. The maximum absolute atomic E-state index is 12.1. The summed E-state index contributed by atoms with van der Waals surface area (Å²) in [5.74, 6) is 0.705. The normalized spacial score (nSPS) is 15.7. The number of hydrogen-bond donors (Lipinski definition) is 1. The maximum Gasteiger partial charge on any atom is 0.254 e. The lowest BCUT2D eigenvalue weighted by Gasteiger charge is -2.34. The van der Waals surface area contributed by atoms with Crippen molar-refractivity contribution in [2.45, 2.75) is 13.5 Å². The van der Waals surface area contributed by atoms with Gasteiger partial charge in [-0.1, -0.05) is 48.0 Å². The molecule has 6 nitrogen and oxygen atoms in total. The first-order valence-electron chi connectivity index (χ1n) is 10.3. The molecule has 6 heteroatoms. The topological polar surface area (TPSA) is 57.2 Å². The van der Waals surface area contributed by atoms with Crippen LogP contribution in [0.5, 0.6) is 5.75 Å². The predicted octanol–water partition coefficient (Wildman–Crippen LogP) is 2.94. The van der Waals surface area contributed by atoms with Gasteiger partial charge in [0.1, 0.15) is 5.75 Å². The smallest absolute Gasteiger partial charge is 0.254 e. The first kappa shape index (κ1) is 21.7. The summed E-state index contributed by atoms with van der Waals surface area (Å²) in [4.78, 5) is 16.7. The van der Waals surface area contributed by atoms with E-state index in [2.05, 4.69) is 51.5 Å². The van der Waals surface area contributed by atoms with E-state index < -0.39 is 0 Å². The number of carbonyl (C=O) groups excluding carboxylic acids is 1. The third-order valence-electron chi connectivity index (χ3n) is 5.12. The number of hydrazone groups is 1. The quantitative estimate of drug-likeness (QED) is 0.541. The van der Waals surface area contributed by atoms with Crippen LogP contribution in [0.15, 0.2) is 59.7 Å². The van der Waals surface area contributed by atoms with Crippen molar-refractivity contribution in [3.63, 3.8) is 0 Å². The largest absolute Gasteiger partial charge is 0.496 e. The molecule has 1 saturated heterocycles. The number of aryl methyl sites for hydroxylation is 1. The second-order valence-corrected chi connectivity index (χ2v) is 7.45. The van der Waals surface area contributed by atoms with E-state index in [0.717, 1.165) is 44.0 Å². The maximum atomic E-state index is 12.1. The molecule has 0 bridgehead atoms. The van der Waals surface area contributed by atoms with Crippen LogP contribution in [0.2, 0.25) is 0 Å². The Morgan fingerprint density at radius 2 is 1.77 bits per heavy atom. The van der Waals surface area contributed by atoms with Gasteiger partial charge in [-0.15, -0.1) is 0 Å². The standard InChI is InChI=1S/C24H30N4O2/c1-20-9-11-21(12-10-20)18-27-14-16-28(17-15-27)19-24(29)26-25-13-5-7-22-6-3-4-8-23(22)30-2/h3-13H,14-19H2,1-2H3,(H,26,29)/b7-5+,25-13+. The lowest BCUT2D eigenvalue weighted by atomic mass is 10.1. The van der Waals surface area contributed by atoms with E-state index in [4.69, 9.17) is 4.74 Å². The number of carbonyl (C=O) groups is 1. The van der Waals surface area contributed by atoms with E-state index in [0.29, 0.717) is 6.54 Å². The van der Waals surface area contributed by atoms with E-state index in [1.807, 2.05) is 30.3 Å². The first-order chi connectivity index (χ1) is 14.6. The van der Waals surface area contributed by atoms with Crippen molar-refractivity contribution < 1.29 is 9.53 Å². The number of ether oxygens (including phenoxy) is 1. The highest BCUT2D eigenvalue weighted by molar-refractivity contribution is 5.82. The van der Waals surface area contributed by atoms with Gasteiger partial charge in [-0.2, -0.15) is 5.10 Å². The molecule has 1 aliphatic heterocycles. The molecule has 30 heavy (non-hydrogen) atoms. The number of piperazine rings is 1. The summed E-state index contributed by atoms with van der Waals surface area (Å²) in [6, 6.07) is 16.4. The average molecular weight is 407 g/mol. The Kier molecular flexibility index (Phi) is 8.18. The van der Waals surface area contributed by atoms with Gasteiger partial charge in [0.25, 0.3) is 5.91 Å². The van der Waals surface area contributed by atoms with Gasteiger partial charge in [0.2, 0.25) is 0 Å². The number of amides is 1. The Balaban J connectivity index is 1.36. The van der Waals surface area contributed by atoms with Crippen molar-refractivity contribution in [3.05, 3.63) is 71.3 Å². The fourth-order valence-electron chi connectivity index (χ4n) is 3.40. The first-order valence-corrected chi connectivity index (χ1v) is 10.3. The lowest BCUT2D eigenvalue weighted by molar-refractivity contribution is -0.122. The van der Waals surface area contributed by atoms with Gasteiger partial charge in [-0.05, 0) is 30.7 Å². The number of benzene rings is 2. The van der Waals surface area contributed by atoms with Crippen LogP contribution in [-0.4, -0.2) is 61.8 Å². The van der Waals surface area contributed by atoms with Crippen molar-refractivity contribution in [1.29, 1.82) is 0 Å². The zero-order chi connectivity index (χ0) is 21.2. The number of methoxy groups -OCH3 is 1. The number of nitrogens with one attached hydrogen (secondary N) is 1. The third-order valence-corrected chi connectivity index (χ3v) is 5.12. The fourth-order valence-corrected chi connectivity index (χ4v) is 3.40. The Morgan fingerprint density at radius 1 is 1.07 bits per heavy atom. The monoisotopic (exact) mass is 406 g/mol. The van der Waals surface area contributed by atoms with Crippen LogP contribution in [0.25, 0.3) is 6.08 Å². The lowest BCUT2D eigenvalue weighted by Crippen LogP contribution is -2.48. The Morgan fingerprint density at radius 3 is 2.50 bits per heavy atom. The highest BCUT2D eigenvalue weighted by atomic mass is 16.5. The van der Waals surface area contributed by atoms with Crippen molar-refractivity contribution in [2.24, 2.45) is 5.10 Å². The average Bonchev–Trinajstić information content (AvgIpc) is 2.77. The second kappa shape index (κ2) is 11.3. The predicted molar refractivity (Wildman–Crippen MR) is 122 cm³/mol. The molecule has 158 valence electrons. The van der Waals surface area contributed by atoms with Gasteiger partial charge in [0, 0.05) is 44.5 Å². The van der Waals surface area contributed by atoms with Crippen LogP contribution >= 0.6 is 0 Å². The number of para-hydroxylation sites is 1. The number of allylic oxidation sites excluding steroid dienone is 1. The van der Waals surface area contributed by atoms with Crippen LogP contribution in [0, 0.1) is 6.92 Å². The zero-order valence-corrected chi connectivity index (χ0v) is 17.8. The molecule has 0 atom stereocenters. The van der Waals surface area contributed by atoms with E-state index >= 15 is 0 Å². The Hall–Kier alpha value is -2.96. The zero-order valence-electron chi connectivity index (χ0n) is 17.8. The van der Waals surface area contributed by atoms with Gasteiger partial charge in [0.15, 0.2) is 0 Å². The van der Waals surface area contributed by atoms with E-state index in [1.165, 1.54) is 11.1 Å². The summed E-state index contributed by atoms with van der Waals surface area (Å²) in [5.41, 5.74) is 6.17. The van der Waals surface area contributed by atoms with Crippen molar-refractivity contribution in [3.8, 4) is 5.75 Å². The van der Waals surface area contributed by atoms with Gasteiger partial charge in [-0.3, -0.25) is 14.6 Å². The minimum absolute atomic E-state index is 0.0936. The molecule has 1 amide bonds. The number of rotatable bonds is 8. The van der Waals surface area contributed by atoms with Crippen molar-refractivity contribution >= 4 is 18.2 Å². The van der Waals surface area contributed by atoms with Gasteiger partial charge in [0.05, 0.1) is 13.7 Å². The van der Waals surface area contributed by atoms with Crippen LogP contribution in [0.1, 0.15) is 16.7 Å². The molecular formula is C24H30N4O2. The van der Waals surface area contributed by atoms with Gasteiger partial charge >= 0.3 is 0 Å². The summed E-state index contributed by atoms with van der Waals surface area (Å²) < 4.78 is 5.30. The molecule has 2 aromatic rings. The van der Waals surface area contributed by atoms with Crippen LogP contribution in [0.4, 0.5) is 0 Å². The summed E-state index contributed by atoms with van der Waals surface area (Å²) >= 11 is 0.